The number of nitrogens with zero attached hydrogens (tertiary/aromatic N) is 2. The Morgan fingerprint density at radius 2 is 1.90 bits per heavy atom. The molecule has 0 fully saturated rings. The molecule has 0 unspecified atom stereocenters. The third-order valence-electron chi connectivity index (χ3n) is 3.40. The predicted molar refractivity (Wildman–Crippen MR) is 76.9 cm³/mol. The van der Waals surface area contributed by atoms with Crippen LogP contribution in [0, 0.1) is 17.1 Å². The molecular weight excluding hydrogens is 267 g/mol. The van der Waals surface area contributed by atoms with Crippen molar-refractivity contribution in [2.75, 3.05) is 0 Å². The van der Waals surface area contributed by atoms with E-state index < -0.39 is 11.9 Å². The largest absolute Gasteiger partial charge is 0.384 e. The van der Waals surface area contributed by atoms with E-state index in [1.807, 2.05) is 30.3 Å². The zero-order valence-electron chi connectivity index (χ0n) is 11.0. The number of rotatable bonds is 2. The number of aliphatic hydroxyl groups excluding tert-OH is 1. The van der Waals surface area contributed by atoms with Gasteiger partial charge in [-0.15, -0.1) is 0 Å². The van der Waals surface area contributed by atoms with E-state index in [4.69, 9.17) is 5.26 Å². The van der Waals surface area contributed by atoms with E-state index in [0.717, 1.165) is 10.9 Å². The Hall–Kier alpha value is -2.77. The second-order valence-electron chi connectivity index (χ2n) is 4.67. The number of fused-ring (bicyclic) bond motifs is 1. The van der Waals surface area contributed by atoms with E-state index in [-0.39, 0.29) is 5.56 Å². The summed E-state index contributed by atoms with van der Waals surface area (Å²) in [5, 5.41) is 20.2. The molecule has 0 saturated heterocycles. The van der Waals surface area contributed by atoms with Crippen LogP contribution in [-0.4, -0.2) is 10.1 Å². The molecule has 1 N–H and O–H groups in total. The number of nitriles is 1. The number of hydrogen-bond acceptors (Lipinski definition) is 3. The molecule has 0 saturated carbocycles. The van der Waals surface area contributed by atoms with Gasteiger partial charge in [0.25, 0.3) is 0 Å². The van der Waals surface area contributed by atoms with Crippen molar-refractivity contribution in [3.05, 3.63) is 77.2 Å². The Labute approximate surface area is 120 Å². The highest BCUT2D eigenvalue weighted by Gasteiger charge is 2.18. The normalized spacial score (nSPS) is 12.0. The molecule has 3 aromatic rings. The molecule has 0 aliphatic rings. The van der Waals surface area contributed by atoms with Gasteiger partial charge in [0.2, 0.25) is 0 Å². The number of aliphatic hydroxyl groups is 1. The minimum Gasteiger partial charge on any atom is -0.384 e. The number of hydrogen-bond donors (Lipinski definition) is 1. The number of benzene rings is 2. The highest BCUT2D eigenvalue weighted by molar-refractivity contribution is 5.82. The van der Waals surface area contributed by atoms with E-state index in [1.54, 1.807) is 12.3 Å². The third-order valence-corrected chi connectivity index (χ3v) is 3.40. The van der Waals surface area contributed by atoms with E-state index in [0.29, 0.717) is 11.1 Å². The highest BCUT2D eigenvalue weighted by atomic mass is 19.1. The van der Waals surface area contributed by atoms with Gasteiger partial charge in [0, 0.05) is 17.1 Å². The second-order valence-corrected chi connectivity index (χ2v) is 4.67. The van der Waals surface area contributed by atoms with Gasteiger partial charge in [0.05, 0.1) is 17.1 Å². The summed E-state index contributed by atoms with van der Waals surface area (Å²) in [5.74, 6) is -0.539. The van der Waals surface area contributed by atoms with Gasteiger partial charge >= 0.3 is 0 Å². The van der Waals surface area contributed by atoms with Crippen LogP contribution in [0.2, 0.25) is 0 Å². The van der Waals surface area contributed by atoms with Crippen LogP contribution in [0.3, 0.4) is 0 Å². The summed E-state index contributed by atoms with van der Waals surface area (Å²) in [7, 11) is 0. The SMILES string of the molecule is N#Cc1ccc(F)c([C@@H](O)c2ccnc3ccccc23)c1. The van der Waals surface area contributed by atoms with Crippen LogP contribution in [0.1, 0.15) is 22.8 Å². The number of pyridine rings is 1. The lowest BCUT2D eigenvalue weighted by Gasteiger charge is -2.14. The van der Waals surface area contributed by atoms with Gasteiger partial charge in [-0.25, -0.2) is 4.39 Å². The van der Waals surface area contributed by atoms with Crippen LogP contribution >= 0.6 is 0 Å². The number of halogens is 1. The summed E-state index contributed by atoms with van der Waals surface area (Å²) >= 11 is 0. The molecule has 1 atom stereocenters. The Bertz CT molecular complexity index is 850. The quantitative estimate of drug-likeness (QED) is 0.782. The summed E-state index contributed by atoms with van der Waals surface area (Å²) in [4.78, 5) is 4.22. The molecule has 3 nitrogen and oxygen atoms in total. The van der Waals surface area contributed by atoms with Gasteiger partial charge in [0.15, 0.2) is 0 Å². The van der Waals surface area contributed by atoms with Crippen molar-refractivity contribution >= 4 is 10.9 Å². The summed E-state index contributed by atoms with van der Waals surface area (Å²) in [6.45, 7) is 0. The fraction of sp³-hybridized carbons (Fsp3) is 0.0588. The van der Waals surface area contributed by atoms with Crippen LogP contribution in [-0.2, 0) is 0 Å². The number of aromatic nitrogens is 1. The first-order chi connectivity index (χ1) is 10.2. The van der Waals surface area contributed by atoms with E-state index in [1.165, 1.54) is 18.2 Å². The molecule has 21 heavy (non-hydrogen) atoms. The molecule has 0 radical (unpaired) electrons. The Balaban J connectivity index is 2.17. The van der Waals surface area contributed by atoms with Crippen molar-refractivity contribution in [2.45, 2.75) is 6.10 Å². The molecule has 2 aromatic carbocycles. The summed E-state index contributed by atoms with van der Waals surface area (Å²) < 4.78 is 14.0. The lowest BCUT2D eigenvalue weighted by Crippen LogP contribution is -2.04. The second kappa shape index (κ2) is 5.31. The van der Waals surface area contributed by atoms with Gasteiger partial charge in [-0.05, 0) is 35.9 Å². The van der Waals surface area contributed by atoms with Gasteiger partial charge in [-0.3, -0.25) is 4.98 Å². The monoisotopic (exact) mass is 278 g/mol. The van der Waals surface area contributed by atoms with Crippen LogP contribution in [0.5, 0.6) is 0 Å². The zero-order chi connectivity index (χ0) is 14.8. The van der Waals surface area contributed by atoms with E-state index in [9.17, 15) is 9.50 Å². The average Bonchev–Trinajstić information content (AvgIpc) is 2.54. The molecule has 0 aliphatic carbocycles. The topological polar surface area (TPSA) is 56.9 Å². The average molecular weight is 278 g/mol. The molecule has 0 spiro atoms. The van der Waals surface area contributed by atoms with Gasteiger partial charge in [-0.2, -0.15) is 5.26 Å². The lowest BCUT2D eigenvalue weighted by atomic mass is 9.97. The van der Waals surface area contributed by atoms with Crippen molar-refractivity contribution in [3.8, 4) is 6.07 Å². The standard InChI is InChI=1S/C17H11FN2O/c18-15-6-5-11(10-19)9-14(15)17(21)13-7-8-20-16-4-2-1-3-12(13)16/h1-9,17,21H/t17-/m0/s1. The van der Waals surface area contributed by atoms with Gasteiger partial charge < -0.3 is 5.11 Å². The minimum absolute atomic E-state index is 0.0883. The first-order valence-electron chi connectivity index (χ1n) is 6.42. The van der Waals surface area contributed by atoms with Crippen LogP contribution in [0.15, 0.2) is 54.7 Å². The highest BCUT2D eigenvalue weighted by Crippen LogP contribution is 2.29. The lowest BCUT2D eigenvalue weighted by molar-refractivity contribution is 0.216. The maximum Gasteiger partial charge on any atom is 0.129 e. The van der Waals surface area contributed by atoms with Crippen molar-refractivity contribution in [2.24, 2.45) is 0 Å². The molecule has 4 heteroatoms. The number of para-hydroxylation sites is 1. The van der Waals surface area contributed by atoms with Crippen LogP contribution in [0.25, 0.3) is 10.9 Å². The Morgan fingerprint density at radius 1 is 1.10 bits per heavy atom. The Kier molecular flexibility index (Phi) is 3.35. The van der Waals surface area contributed by atoms with E-state index >= 15 is 0 Å². The maximum absolute atomic E-state index is 14.0. The minimum atomic E-state index is -1.15. The predicted octanol–water partition coefficient (Wildman–Crippen LogP) is 3.33. The molecule has 1 heterocycles. The van der Waals surface area contributed by atoms with Crippen molar-refractivity contribution in [1.82, 2.24) is 4.98 Å². The first-order valence-corrected chi connectivity index (χ1v) is 6.42. The van der Waals surface area contributed by atoms with E-state index in [2.05, 4.69) is 4.98 Å². The molecule has 0 aliphatic heterocycles. The van der Waals surface area contributed by atoms with Crippen molar-refractivity contribution in [3.63, 3.8) is 0 Å². The van der Waals surface area contributed by atoms with Crippen LogP contribution < -0.4 is 0 Å². The van der Waals surface area contributed by atoms with Gasteiger partial charge in [0.1, 0.15) is 11.9 Å². The molecule has 0 amide bonds. The summed E-state index contributed by atoms with van der Waals surface area (Å²) in [6.07, 6.45) is 0.429. The fourth-order valence-corrected chi connectivity index (χ4v) is 2.35. The summed E-state index contributed by atoms with van der Waals surface area (Å²) in [6, 6.07) is 14.9. The Morgan fingerprint density at radius 3 is 2.71 bits per heavy atom. The fourth-order valence-electron chi connectivity index (χ4n) is 2.35. The first kappa shape index (κ1) is 13.2. The third kappa shape index (κ3) is 2.35. The van der Waals surface area contributed by atoms with Gasteiger partial charge in [-0.1, -0.05) is 18.2 Å². The molecular formula is C17H11FN2O. The molecule has 1 aromatic heterocycles. The van der Waals surface area contributed by atoms with Crippen molar-refractivity contribution < 1.29 is 9.50 Å². The zero-order valence-corrected chi connectivity index (χ0v) is 11.0. The maximum atomic E-state index is 14.0. The smallest absolute Gasteiger partial charge is 0.129 e. The molecule has 0 bridgehead atoms. The van der Waals surface area contributed by atoms with Crippen molar-refractivity contribution in [1.29, 1.82) is 5.26 Å². The summed E-state index contributed by atoms with van der Waals surface area (Å²) in [5.41, 5.74) is 1.69. The molecule has 3 rings (SSSR count). The molecule has 102 valence electrons. The van der Waals surface area contributed by atoms with Crippen LogP contribution in [0.4, 0.5) is 4.39 Å².